The predicted molar refractivity (Wildman–Crippen MR) is 167 cm³/mol. The summed E-state index contributed by atoms with van der Waals surface area (Å²) in [4.78, 5) is 12.3. The number of nitrogens with one attached hydrogen (secondary N) is 1. The highest BCUT2D eigenvalue weighted by molar-refractivity contribution is 5.76. The molecule has 0 heterocycles. The quantitative estimate of drug-likeness (QED) is 0.0644. The molecule has 5 heteroatoms. The molecule has 0 radical (unpaired) electrons. The number of carbonyl (C=O) groups is 1. The van der Waals surface area contributed by atoms with Crippen LogP contribution in [0.1, 0.15) is 187 Å². The number of carbonyl (C=O) groups excluding carboxylic acids is 1. The molecule has 0 fully saturated rings. The molecule has 3 unspecified atom stereocenters. The maximum Gasteiger partial charge on any atom is 0.220 e. The number of unbranched alkanes of at least 4 members (excludes halogenated alkanes) is 23. The second-order valence-corrected chi connectivity index (χ2v) is 12.1. The summed E-state index contributed by atoms with van der Waals surface area (Å²) < 4.78 is 0. The van der Waals surface area contributed by atoms with E-state index in [1.165, 1.54) is 122 Å². The molecule has 4 N–H and O–H groups in total. The van der Waals surface area contributed by atoms with Crippen molar-refractivity contribution in [3.63, 3.8) is 0 Å². The van der Waals surface area contributed by atoms with E-state index in [0.717, 1.165) is 38.5 Å². The Balaban J connectivity index is 3.69. The van der Waals surface area contributed by atoms with Crippen molar-refractivity contribution in [1.82, 2.24) is 5.32 Å². The number of aliphatic hydroxyl groups is 3. The van der Waals surface area contributed by atoms with E-state index in [1.807, 2.05) is 0 Å². The second kappa shape index (κ2) is 30.3. The first kappa shape index (κ1) is 38.4. The van der Waals surface area contributed by atoms with Crippen molar-refractivity contribution < 1.29 is 20.1 Å². The summed E-state index contributed by atoms with van der Waals surface area (Å²) in [5.74, 6) is -0.145. The standard InChI is InChI=1S/C34H69NO4/c1-3-5-7-9-11-13-15-17-19-21-23-25-27-29-33(38)35-31(30-36)34(39)32(37)28-26-24-22-20-18-16-14-12-10-8-6-4-2/h31-32,34,36-37,39H,3-30H2,1-2H3,(H,35,38). The average molecular weight is 556 g/mol. The van der Waals surface area contributed by atoms with Gasteiger partial charge in [-0.1, -0.05) is 168 Å². The molecule has 0 rings (SSSR count). The Labute approximate surface area is 243 Å². The summed E-state index contributed by atoms with van der Waals surface area (Å²) in [5, 5.41) is 33.2. The van der Waals surface area contributed by atoms with Crippen LogP contribution in [0, 0.1) is 0 Å². The van der Waals surface area contributed by atoms with Crippen LogP contribution in [0.5, 0.6) is 0 Å². The largest absolute Gasteiger partial charge is 0.394 e. The van der Waals surface area contributed by atoms with Gasteiger partial charge in [-0.2, -0.15) is 0 Å². The first-order valence-corrected chi connectivity index (χ1v) is 17.3. The second-order valence-electron chi connectivity index (χ2n) is 12.1. The third-order valence-electron chi connectivity index (χ3n) is 8.21. The van der Waals surface area contributed by atoms with Crippen LogP contribution in [0.4, 0.5) is 0 Å². The number of hydrogen-bond donors (Lipinski definition) is 4. The van der Waals surface area contributed by atoms with Crippen LogP contribution in [0.25, 0.3) is 0 Å². The van der Waals surface area contributed by atoms with E-state index in [9.17, 15) is 20.1 Å². The third kappa shape index (κ3) is 26.0. The Bertz CT molecular complexity index is 502. The third-order valence-corrected chi connectivity index (χ3v) is 8.21. The summed E-state index contributed by atoms with van der Waals surface area (Å²) in [6.45, 7) is 4.15. The Hall–Kier alpha value is -0.650. The Morgan fingerprint density at radius 1 is 0.538 bits per heavy atom. The summed E-state index contributed by atoms with van der Waals surface area (Å²) >= 11 is 0. The SMILES string of the molecule is CCCCCCCCCCCCCCCC(=O)NC(CO)C(O)C(O)CCCCCCCCCCCCCC. The normalized spacial score (nSPS) is 13.9. The molecule has 0 aromatic rings. The molecule has 0 aliphatic carbocycles. The van der Waals surface area contributed by atoms with E-state index in [4.69, 9.17) is 0 Å². The van der Waals surface area contributed by atoms with E-state index in [0.29, 0.717) is 12.8 Å². The minimum atomic E-state index is -1.13. The summed E-state index contributed by atoms with van der Waals surface area (Å²) in [7, 11) is 0. The Kier molecular flexibility index (Phi) is 29.8. The van der Waals surface area contributed by atoms with Gasteiger partial charge in [0.05, 0.1) is 18.8 Å². The zero-order valence-electron chi connectivity index (χ0n) is 26.3. The maximum absolute atomic E-state index is 12.3. The fraction of sp³-hybridized carbons (Fsp3) is 0.971. The van der Waals surface area contributed by atoms with Crippen LogP contribution in [0.15, 0.2) is 0 Å². The number of rotatable bonds is 31. The highest BCUT2D eigenvalue weighted by Gasteiger charge is 2.26. The lowest BCUT2D eigenvalue weighted by molar-refractivity contribution is -0.124. The molecule has 5 nitrogen and oxygen atoms in total. The number of amides is 1. The van der Waals surface area contributed by atoms with Gasteiger partial charge in [0, 0.05) is 6.42 Å². The number of hydrogen-bond acceptors (Lipinski definition) is 4. The monoisotopic (exact) mass is 556 g/mol. The van der Waals surface area contributed by atoms with E-state index in [1.54, 1.807) is 0 Å². The lowest BCUT2D eigenvalue weighted by Gasteiger charge is -2.26. The molecule has 0 aromatic carbocycles. The van der Waals surface area contributed by atoms with Crippen molar-refractivity contribution in [2.24, 2.45) is 0 Å². The van der Waals surface area contributed by atoms with Gasteiger partial charge in [-0.15, -0.1) is 0 Å². The van der Waals surface area contributed by atoms with Gasteiger partial charge in [-0.05, 0) is 12.8 Å². The Morgan fingerprint density at radius 3 is 1.23 bits per heavy atom. The summed E-state index contributed by atoms with van der Waals surface area (Å²) in [5.41, 5.74) is 0. The van der Waals surface area contributed by atoms with E-state index in [-0.39, 0.29) is 12.5 Å². The molecular weight excluding hydrogens is 486 g/mol. The van der Waals surface area contributed by atoms with Crippen LogP contribution in [0.3, 0.4) is 0 Å². The molecule has 0 bridgehead atoms. The zero-order valence-corrected chi connectivity index (χ0v) is 26.3. The highest BCUT2D eigenvalue weighted by Crippen LogP contribution is 2.16. The van der Waals surface area contributed by atoms with Gasteiger partial charge >= 0.3 is 0 Å². The topological polar surface area (TPSA) is 89.8 Å². The first-order chi connectivity index (χ1) is 19.1. The average Bonchev–Trinajstić information content (AvgIpc) is 2.94. The van der Waals surface area contributed by atoms with Crippen LogP contribution in [-0.4, -0.2) is 46.1 Å². The summed E-state index contributed by atoms with van der Waals surface area (Å²) in [6.07, 6.45) is 30.4. The van der Waals surface area contributed by atoms with Gasteiger partial charge < -0.3 is 20.6 Å². The van der Waals surface area contributed by atoms with Crippen molar-refractivity contribution >= 4 is 5.91 Å². The van der Waals surface area contributed by atoms with Gasteiger partial charge in [-0.25, -0.2) is 0 Å². The predicted octanol–water partition coefficient (Wildman–Crippen LogP) is 8.76. The first-order valence-electron chi connectivity index (χ1n) is 17.3. The Morgan fingerprint density at radius 2 is 0.872 bits per heavy atom. The van der Waals surface area contributed by atoms with E-state index < -0.39 is 18.2 Å². The minimum Gasteiger partial charge on any atom is -0.394 e. The van der Waals surface area contributed by atoms with Gasteiger partial charge in [0.25, 0.3) is 0 Å². The molecule has 39 heavy (non-hydrogen) atoms. The lowest BCUT2D eigenvalue weighted by atomic mass is 9.99. The van der Waals surface area contributed by atoms with Gasteiger partial charge in [0.2, 0.25) is 5.91 Å². The van der Waals surface area contributed by atoms with Crippen molar-refractivity contribution in [2.45, 2.75) is 205 Å². The van der Waals surface area contributed by atoms with Crippen molar-refractivity contribution in [1.29, 1.82) is 0 Å². The van der Waals surface area contributed by atoms with E-state index in [2.05, 4.69) is 19.2 Å². The maximum atomic E-state index is 12.3. The molecule has 0 saturated heterocycles. The molecule has 0 aromatic heterocycles. The van der Waals surface area contributed by atoms with Gasteiger partial charge in [-0.3, -0.25) is 4.79 Å². The molecule has 3 atom stereocenters. The van der Waals surface area contributed by atoms with Crippen LogP contribution < -0.4 is 5.32 Å². The molecule has 234 valence electrons. The van der Waals surface area contributed by atoms with Crippen molar-refractivity contribution in [3.05, 3.63) is 0 Å². The van der Waals surface area contributed by atoms with E-state index >= 15 is 0 Å². The lowest BCUT2D eigenvalue weighted by Crippen LogP contribution is -2.50. The van der Waals surface area contributed by atoms with Crippen LogP contribution in [-0.2, 0) is 4.79 Å². The molecule has 0 aliphatic rings. The minimum absolute atomic E-state index is 0.145. The zero-order chi connectivity index (χ0) is 28.8. The van der Waals surface area contributed by atoms with Gasteiger partial charge in [0.15, 0.2) is 0 Å². The number of aliphatic hydroxyl groups excluding tert-OH is 3. The van der Waals surface area contributed by atoms with Crippen molar-refractivity contribution in [3.8, 4) is 0 Å². The molecule has 0 spiro atoms. The highest BCUT2D eigenvalue weighted by atomic mass is 16.3. The molecule has 1 amide bonds. The fourth-order valence-corrected chi connectivity index (χ4v) is 5.45. The van der Waals surface area contributed by atoms with Crippen molar-refractivity contribution in [2.75, 3.05) is 6.61 Å². The smallest absolute Gasteiger partial charge is 0.220 e. The summed E-state index contributed by atoms with van der Waals surface area (Å²) in [6, 6.07) is -0.799. The molecule has 0 saturated carbocycles. The van der Waals surface area contributed by atoms with Crippen LogP contribution >= 0.6 is 0 Å². The van der Waals surface area contributed by atoms with Crippen LogP contribution in [0.2, 0.25) is 0 Å². The fourth-order valence-electron chi connectivity index (χ4n) is 5.45. The molecular formula is C34H69NO4. The molecule has 0 aliphatic heterocycles. The van der Waals surface area contributed by atoms with Gasteiger partial charge in [0.1, 0.15) is 6.10 Å².